The van der Waals surface area contributed by atoms with Crippen molar-refractivity contribution >= 4 is 16.9 Å². The lowest BCUT2D eigenvalue weighted by atomic mass is 10.00. The van der Waals surface area contributed by atoms with E-state index < -0.39 is 0 Å². The van der Waals surface area contributed by atoms with Crippen LogP contribution in [-0.2, 0) is 17.8 Å². The fourth-order valence-electron chi connectivity index (χ4n) is 3.61. The summed E-state index contributed by atoms with van der Waals surface area (Å²) < 4.78 is 2.22. The highest BCUT2D eigenvalue weighted by Gasteiger charge is 2.25. The number of nitrogens with two attached hydrogens (primary N) is 1. The van der Waals surface area contributed by atoms with Crippen molar-refractivity contribution in [2.24, 2.45) is 11.7 Å². The number of rotatable bonds is 6. The van der Waals surface area contributed by atoms with Gasteiger partial charge >= 0.3 is 0 Å². The molecule has 1 aromatic carbocycles. The molecule has 0 unspecified atom stereocenters. The van der Waals surface area contributed by atoms with Gasteiger partial charge in [-0.1, -0.05) is 18.6 Å². The molecule has 124 valence electrons. The Balaban J connectivity index is 1.55. The first kappa shape index (κ1) is 16.0. The maximum Gasteiger partial charge on any atom is 0.220 e. The zero-order valence-corrected chi connectivity index (χ0v) is 13.8. The summed E-state index contributed by atoms with van der Waals surface area (Å²) in [5.41, 5.74) is 8.22. The third-order valence-electron chi connectivity index (χ3n) is 4.89. The first-order valence-electron chi connectivity index (χ1n) is 8.65. The molecule has 2 atom stereocenters. The molecule has 1 saturated carbocycles. The molecule has 3 N–H and O–H groups in total. The molecule has 0 bridgehead atoms. The van der Waals surface area contributed by atoms with Crippen molar-refractivity contribution in [1.29, 1.82) is 0 Å². The van der Waals surface area contributed by atoms with Gasteiger partial charge < -0.3 is 15.6 Å². The number of nitrogens with one attached hydrogen (secondary N) is 1. The van der Waals surface area contributed by atoms with Gasteiger partial charge in [-0.2, -0.15) is 0 Å². The highest BCUT2D eigenvalue weighted by atomic mass is 16.1. The van der Waals surface area contributed by atoms with Gasteiger partial charge in [-0.15, -0.1) is 0 Å². The summed E-state index contributed by atoms with van der Waals surface area (Å²) >= 11 is 0. The van der Waals surface area contributed by atoms with Gasteiger partial charge in [-0.05, 0) is 37.8 Å². The van der Waals surface area contributed by atoms with Crippen LogP contribution < -0.4 is 11.1 Å². The molecule has 0 aliphatic heterocycles. The highest BCUT2D eigenvalue weighted by Crippen LogP contribution is 2.26. The van der Waals surface area contributed by atoms with Crippen molar-refractivity contribution in [1.82, 2.24) is 14.9 Å². The second-order valence-electron chi connectivity index (χ2n) is 6.42. The zero-order valence-electron chi connectivity index (χ0n) is 13.8. The number of benzene rings is 1. The third kappa shape index (κ3) is 3.55. The van der Waals surface area contributed by atoms with Crippen LogP contribution >= 0.6 is 0 Å². The largest absolute Gasteiger partial charge is 0.356 e. The average molecular weight is 314 g/mol. The van der Waals surface area contributed by atoms with E-state index in [1.54, 1.807) is 0 Å². The molecule has 0 radical (unpaired) electrons. The topological polar surface area (TPSA) is 72.9 Å². The Bertz CT molecular complexity index is 679. The number of imidazole rings is 1. The summed E-state index contributed by atoms with van der Waals surface area (Å²) in [6.45, 7) is 3.64. The van der Waals surface area contributed by atoms with E-state index in [0.717, 1.165) is 49.1 Å². The molecule has 0 spiro atoms. The minimum atomic E-state index is 0.117. The summed E-state index contributed by atoms with van der Waals surface area (Å²) in [7, 11) is 0. The van der Waals surface area contributed by atoms with Crippen LogP contribution in [0.25, 0.3) is 11.0 Å². The second-order valence-corrected chi connectivity index (χ2v) is 6.42. The second kappa shape index (κ2) is 7.13. The molecule has 1 amide bonds. The first-order valence-corrected chi connectivity index (χ1v) is 8.65. The molecule has 1 fully saturated rings. The van der Waals surface area contributed by atoms with Gasteiger partial charge in [0, 0.05) is 32.0 Å². The molecule has 5 nitrogen and oxygen atoms in total. The standard InChI is InChI=1S/C18H26N4O/c1-2-22-16-9-4-3-8-15(16)21-17(22)10-11-20-18(23)12-13-6-5-7-14(13)19/h3-4,8-9,13-14H,2,5-7,10-12,19H2,1H3,(H,20,23)/t13-,14+/m0/s1. The Morgan fingerprint density at radius 2 is 2.22 bits per heavy atom. The Labute approximate surface area is 137 Å². The molecule has 1 aliphatic carbocycles. The number of nitrogens with zero attached hydrogens (tertiary/aromatic N) is 2. The van der Waals surface area contributed by atoms with E-state index in [1.807, 2.05) is 18.2 Å². The molecule has 3 rings (SSSR count). The number of carbonyl (C=O) groups is 1. The minimum absolute atomic E-state index is 0.117. The smallest absolute Gasteiger partial charge is 0.220 e. The monoisotopic (exact) mass is 314 g/mol. The summed E-state index contributed by atoms with van der Waals surface area (Å²) in [5.74, 6) is 1.51. The van der Waals surface area contributed by atoms with E-state index in [0.29, 0.717) is 18.9 Å². The molecule has 2 aromatic rings. The van der Waals surface area contributed by atoms with Gasteiger partial charge in [0.15, 0.2) is 0 Å². The molecule has 23 heavy (non-hydrogen) atoms. The normalized spacial score (nSPS) is 21.0. The number of aryl methyl sites for hydroxylation is 1. The molecule has 5 heteroatoms. The van der Waals surface area contributed by atoms with E-state index in [4.69, 9.17) is 5.73 Å². The van der Waals surface area contributed by atoms with Crippen LogP contribution in [0.3, 0.4) is 0 Å². The summed E-state index contributed by atoms with van der Waals surface area (Å²) in [5, 5.41) is 3.03. The fourth-order valence-corrected chi connectivity index (χ4v) is 3.61. The molecule has 0 saturated heterocycles. The van der Waals surface area contributed by atoms with Crippen LogP contribution in [-0.4, -0.2) is 28.0 Å². The van der Waals surface area contributed by atoms with Crippen molar-refractivity contribution in [3.8, 4) is 0 Å². The van der Waals surface area contributed by atoms with Crippen molar-refractivity contribution < 1.29 is 4.79 Å². The summed E-state index contributed by atoms with van der Waals surface area (Å²) in [6, 6.07) is 8.36. The first-order chi connectivity index (χ1) is 11.2. The summed E-state index contributed by atoms with van der Waals surface area (Å²) in [4.78, 5) is 16.8. The fraction of sp³-hybridized carbons (Fsp3) is 0.556. The lowest BCUT2D eigenvalue weighted by Crippen LogP contribution is -2.32. The van der Waals surface area contributed by atoms with Crippen LogP contribution in [0.4, 0.5) is 0 Å². The van der Waals surface area contributed by atoms with Crippen LogP contribution in [0.5, 0.6) is 0 Å². The van der Waals surface area contributed by atoms with Gasteiger partial charge in [0.25, 0.3) is 0 Å². The van der Waals surface area contributed by atoms with Crippen molar-refractivity contribution in [3.63, 3.8) is 0 Å². The lowest BCUT2D eigenvalue weighted by molar-refractivity contribution is -0.122. The molecule has 1 heterocycles. The maximum absolute atomic E-state index is 12.1. The number of carbonyl (C=O) groups excluding carboxylic acids is 1. The molecular formula is C18H26N4O. The van der Waals surface area contributed by atoms with Gasteiger partial charge in [-0.25, -0.2) is 4.98 Å². The SMILES string of the molecule is CCn1c(CCNC(=O)C[C@@H]2CCC[C@H]2N)nc2ccccc21. The lowest BCUT2D eigenvalue weighted by Gasteiger charge is -2.14. The number of hydrogen-bond acceptors (Lipinski definition) is 3. The summed E-state index contributed by atoms with van der Waals surface area (Å²) in [6.07, 6.45) is 4.61. The van der Waals surface area contributed by atoms with Crippen LogP contribution in [0.15, 0.2) is 24.3 Å². The number of para-hydroxylation sites is 2. The quantitative estimate of drug-likeness (QED) is 0.859. The van der Waals surface area contributed by atoms with Gasteiger partial charge in [0.05, 0.1) is 11.0 Å². The van der Waals surface area contributed by atoms with Crippen molar-refractivity contribution in [2.75, 3.05) is 6.54 Å². The van der Waals surface area contributed by atoms with E-state index in [-0.39, 0.29) is 11.9 Å². The van der Waals surface area contributed by atoms with E-state index in [2.05, 4.69) is 27.9 Å². The van der Waals surface area contributed by atoms with Gasteiger partial charge in [-0.3, -0.25) is 4.79 Å². The third-order valence-corrected chi connectivity index (χ3v) is 4.89. The Hall–Kier alpha value is -1.88. The predicted octanol–water partition coefficient (Wildman–Crippen LogP) is 2.23. The molecule has 1 aliphatic rings. The highest BCUT2D eigenvalue weighted by molar-refractivity contribution is 5.77. The molecular weight excluding hydrogens is 288 g/mol. The molecule has 1 aromatic heterocycles. The van der Waals surface area contributed by atoms with Crippen LogP contribution in [0.1, 0.15) is 38.4 Å². The number of fused-ring (bicyclic) bond motifs is 1. The van der Waals surface area contributed by atoms with E-state index in [1.165, 1.54) is 0 Å². The van der Waals surface area contributed by atoms with Crippen molar-refractivity contribution in [2.45, 2.75) is 51.6 Å². The van der Waals surface area contributed by atoms with E-state index >= 15 is 0 Å². The maximum atomic E-state index is 12.1. The van der Waals surface area contributed by atoms with Crippen LogP contribution in [0, 0.1) is 5.92 Å². The Morgan fingerprint density at radius 1 is 1.39 bits per heavy atom. The zero-order chi connectivity index (χ0) is 16.2. The number of aromatic nitrogens is 2. The minimum Gasteiger partial charge on any atom is -0.356 e. The number of amides is 1. The van der Waals surface area contributed by atoms with Crippen LogP contribution in [0.2, 0.25) is 0 Å². The van der Waals surface area contributed by atoms with E-state index in [9.17, 15) is 4.79 Å². The average Bonchev–Trinajstić information content (AvgIpc) is 3.10. The predicted molar refractivity (Wildman–Crippen MR) is 92.1 cm³/mol. The van der Waals surface area contributed by atoms with Crippen molar-refractivity contribution in [3.05, 3.63) is 30.1 Å². The number of hydrogen-bond donors (Lipinski definition) is 2. The van der Waals surface area contributed by atoms with Gasteiger partial charge in [0.1, 0.15) is 5.82 Å². The van der Waals surface area contributed by atoms with Gasteiger partial charge in [0.2, 0.25) is 5.91 Å². The Morgan fingerprint density at radius 3 is 2.96 bits per heavy atom. The Kier molecular flexibility index (Phi) is 4.96.